The fraction of sp³-hybridized carbons (Fsp3) is 0.409. The summed E-state index contributed by atoms with van der Waals surface area (Å²) in [6.07, 6.45) is 10.3. The topological polar surface area (TPSA) is 89.2 Å². The Labute approximate surface area is 180 Å². The molecule has 1 saturated heterocycles. The summed E-state index contributed by atoms with van der Waals surface area (Å²) in [7, 11) is 1.89. The van der Waals surface area contributed by atoms with Crippen molar-refractivity contribution >= 4 is 11.8 Å². The molecule has 5 rings (SSSR count). The third-order valence-electron chi connectivity index (χ3n) is 6.50. The summed E-state index contributed by atoms with van der Waals surface area (Å²) in [6, 6.07) is 3.56. The van der Waals surface area contributed by atoms with Gasteiger partial charge in [0.05, 0.1) is 23.7 Å². The molecular formula is C22H25N7O2. The predicted octanol–water partition coefficient (Wildman–Crippen LogP) is 1.67. The van der Waals surface area contributed by atoms with Gasteiger partial charge in [0.2, 0.25) is 5.91 Å². The predicted molar refractivity (Wildman–Crippen MR) is 113 cm³/mol. The molecule has 3 aromatic heterocycles. The maximum absolute atomic E-state index is 12.9. The average Bonchev–Trinajstić information content (AvgIpc) is 3.41. The normalized spacial score (nSPS) is 17.6. The van der Waals surface area contributed by atoms with Crippen LogP contribution in [-0.4, -0.2) is 65.6 Å². The molecule has 31 heavy (non-hydrogen) atoms. The number of aromatic nitrogens is 5. The van der Waals surface area contributed by atoms with Gasteiger partial charge in [0.1, 0.15) is 11.4 Å². The zero-order valence-electron chi connectivity index (χ0n) is 17.7. The lowest BCUT2D eigenvalue weighted by Crippen LogP contribution is -2.59. The van der Waals surface area contributed by atoms with Gasteiger partial charge in [0.25, 0.3) is 5.91 Å². The first-order valence-corrected chi connectivity index (χ1v) is 10.5. The Morgan fingerprint density at radius 1 is 1.06 bits per heavy atom. The summed E-state index contributed by atoms with van der Waals surface area (Å²) in [5.41, 5.74) is 2.11. The van der Waals surface area contributed by atoms with E-state index in [0.717, 1.165) is 17.1 Å². The number of fused-ring (bicyclic) bond motifs is 2. The van der Waals surface area contributed by atoms with Gasteiger partial charge >= 0.3 is 0 Å². The van der Waals surface area contributed by atoms with Crippen LogP contribution in [0, 0.1) is 0 Å². The number of hydrogen-bond acceptors (Lipinski definition) is 5. The van der Waals surface area contributed by atoms with Crippen LogP contribution in [0.3, 0.4) is 0 Å². The van der Waals surface area contributed by atoms with E-state index in [0.29, 0.717) is 44.6 Å². The molecule has 0 atom stereocenters. The highest BCUT2D eigenvalue weighted by molar-refractivity contribution is 5.94. The number of hydrogen-bond donors (Lipinski definition) is 0. The van der Waals surface area contributed by atoms with E-state index in [9.17, 15) is 9.59 Å². The minimum atomic E-state index is -0.504. The molecule has 0 radical (unpaired) electrons. The van der Waals surface area contributed by atoms with Crippen molar-refractivity contribution in [3.8, 4) is 11.3 Å². The first-order valence-electron chi connectivity index (χ1n) is 10.5. The number of likely N-dealkylation sites (tertiary alicyclic amines) is 1. The zero-order valence-corrected chi connectivity index (χ0v) is 17.7. The number of carbonyl (C=O) groups excluding carboxylic acids is 2. The van der Waals surface area contributed by atoms with E-state index in [1.807, 2.05) is 35.4 Å². The first-order chi connectivity index (χ1) is 15.0. The van der Waals surface area contributed by atoms with Crippen LogP contribution in [0.15, 0.2) is 43.1 Å². The van der Waals surface area contributed by atoms with Gasteiger partial charge in [-0.1, -0.05) is 0 Å². The van der Waals surface area contributed by atoms with Crippen molar-refractivity contribution in [1.29, 1.82) is 0 Å². The Morgan fingerprint density at radius 2 is 1.87 bits per heavy atom. The van der Waals surface area contributed by atoms with Crippen molar-refractivity contribution in [1.82, 2.24) is 34.1 Å². The summed E-state index contributed by atoms with van der Waals surface area (Å²) in [5.74, 6) is 0.929. The van der Waals surface area contributed by atoms with Crippen LogP contribution in [0.5, 0.6) is 0 Å². The van der Waals surface area contributed by atoms with Crippen LogP contribution < -0.4 is 0 Å². The molecule has 2 aliphatic rings. The number of pyridine rings is 1. The van der Waals surface area contributed by atoms with Gasteiger partial charge in [-0.25, -0.2) is 4.98 Å². The molecule has 0 bridgehead atoms. The number of nitrogens with zero attached hydrogens (tertiary/aromatic N) is 7. The van der Waals surface area contributed by atoms with E-state index >= 15 is 0 Å². The first kappa shape index (κ1) is 19.5. The van der Waals surface area contributed by atoms with Gasteiger partial charge in [-0.2, -0.15) is 5.10 Å². The quantitative estimate of drug-likeness (QED) is 0.630. The molecule has 0 aliphatic carbocycles. The van der Waals surface area contributed by atoms with Gasteiger partial charge in [-0.15, -0.1) is 0 Å². The summed E-state index contributed by atoms with van der Waals surface area (Å²) in [6.45, 7) is 4.07. The fourth-order valence-corrected chi connectivity index (χ4v) is 5.00. The summed E-state index contributed by atoms with van der Waals surface area (Å²) >= 11 is 0. The van der Waals surface area contributed by atoms with Crippen LogP contribution in [0.2, 0.25) is 0 Å². The summed E-state index contributed by atoms with van der Waals surface area (Å²) < 4.78 is 3.99. The lowest BCUT2D eigenvalue weighted by molar-refractivity contribution is -0.140. The van der Waals surface area contributed by atoms with Crippen molar-refractivity contribution in [2.24, 2.45) is 7.05 Å². The van der Waals surface area contributed by atoms with E-state index < -0.39 is 5.54 Å². The molecule has 1 fully saturated rings. The molecule has 0 unspecified atom stereocenters. The third kappa shape index (κ3) is 3.11. The summed E-state index contributed by atoms with van der Waals surface area (Å²) in [4.78, 5) is 38.1. The van der Waals surface area contributed by atoms with E-state index in [2.05, 4.69) is 14.6 Å². The van der Waals surface area contributed by atoms with Crippen molar-refractivity contribution < 1.29 is 9.59 Å². The average molecular weight is 419 g/mol. The minimum Gasteiger partial charge on any atom is -0.338 e. The Kier molecular flexibility index (Phi) is 4.60. The fourth-order valence-electron chi connectivity index (χ4n) is 5.00. The molecule has 9 heteroatoms. The number of rotatable bonds is 2. The molecule has 9 nitrogen and oxygen atoms in total. The van der Waals surface area contributed by atoms with Crippen molar-refractivity contribution in [3.05, 3.63) is 54.5 Å². The second-order valence-corrected chi connectivity index (χ2v) is 8.26. The zero-order chi connectivity index (χ0) is 21.6. The molecule has 5 heterocycles. The van der Waals surface area contributed by atoms with Gasteiger partial charge in [0, 0.05) is 64.3 Å². The van der Waals surface area contributed by atoms with Crippen LogP contribution in [0.25, 0.3) is 11.3 Å². The number of piperidine rings is 1. The van der Waals surface area contributed by atoms with Crippen molar-refractivity contribution in [2.45, 2.75) is 31.8 Å². The standard InChI is InChI=1S/C22H25N7O2/c1-16(30)29-11-10-28-19(18-13-25-26(2)15-18)14-24-21(28)22(29)5-8-27(9-6-22)20(31)17-4-3-7-23-12-17/h3-4,7,12-15H,5-6,8-11H2,1-2H3. The Hall–Kier alpha value is -3.49. The Balaban J connectivity index is 1.47. The Bertz CT molecular complexity index is 1130. The van der Waals surface area contributed by atoms with Gasteiger partial charge in [0.15, 0.2) is 0 Å². The number of carbonyl (C=O) groups is 2. The second-order valence-electron chi connectivity index (χ2n) is 8.26. The maximum atomic E-state index is 12.9. The van der Waals surface area contributed by atoms with Crippen LogP contribution in [0.4, 0.5) is 0 Å². The van der Waals surface area contributed by atoms with Crippen LogP contribution in [0.1, 0.15) is 35.9 Å². The smallest absolute Gasteiger partial charge is 0.255 e. The van der Waals surface area contributed by atoms with E-state index in [1.54, 1.807) is 36.1 Å². The van der Waals surface area contributed by atoms with E-state index in [4.69, 9.17) is 4.98 Å². The molecule has 0 N–H and O–H groups in total. The molecule has 2 amide bonds. The lowest BCUT2D eigenvalue weighted by Gasteiger charge is -2.50. The Morgan fingerprint density at radius 3 is 2.52 bits per heavy atom. The number of amides is 2. The largest absolute Gasteiger partial charge is 0.338 e. The SMILES string of the molecule is CC(=O)N1CCn2c(-c3cnn(C)c3)cnc2C12CCN(C(=O)c1cccnc1)CC2. The van der Waals surface area contributed by atoms with Gasteiger partial charge in [-0.05, 0) is 25.0 Å². The molecule has 2 aliphatic heterocycles. The monoisotopic (exact) mass is 419 g/mol. The highest BCUT2D eigenvalue weighted by Gasteiger charge is 2.49. The molecule has 1 spiro atoms. The summed E-state index contributed by atoms with van der Waals surface area (Å²) in [5, 5.41) is 4.29. The minimum absolute atomic E-state index is 0.0208. The molecule has 0 saturated carbocycles. The molecule has 0 aromatic carbocycles. The van der Waals surface area contributed by atoms with E-state index in [-0.39, 0.29) is 11.8 Å². The second kappa shape index (κ2) is 7.33. The molecule has 3 aromatic rings. The number of aryl methyl sites for hydroxylation is 1. The van der Waals surface area contributed by atoms with E-state index in [1.165, 1.54) is 0 Å². The maximum Gasteiger partial charge on any atom is 0.255 e. The lowest BCUT2D eigenvalue weighted by atomic mass is 9.82. The van der Waals surface area contributed by atoms with Crippen molar-refractivity contribution in [3.63, 3.8) is 0 Å². The van der Waals surface area contributed by atoms with Crippen LogP contribution >= 0.6 is 0 Å². The third-order valence-corrected chi connectivity index (χ3v) is 6.50. The molecular weight excluding hydrogens is 394 g/mol. The highest BCUT2D eigenvalue weighted by Crippen LogP contribution is 2.42. The van der Waals surface area contributed by atoms with Crippen LogP contribution in [-0.2, 0) is 23.9 Å². The van der Waals surface area contributed by atoms with Crippen molar-refractivity contribution in [2.75, 3.05) is 19.6 Å². The highest BCUT2D eigenvalue weighted by atomic mass is 16.2. The number of imidazole rings is 1. The van der Waals surface area contributed by atoms with Gasteiger partial charge in [-0.3, -0.25) is 19.3 Å². The van der Waals surface area contributed by atoms with Gasteiger partial charge < -0.3 is 14.4 Å². The molecule has 160 valence electrons.